The molecule has 0 unspecified atom stereocenters. The van der Waals surface area contributed by atoms with Crippen molar-refractivity contribution < 1.29 is 14.3 Å². The molecule has 3 N–H and O–H groups in total. The highest BCUT2D eigenvalue weighted by Gasteiger charge is 2.29. The van der Waals surface area contributed by atoms with E-state index in [2.05, 4.69) is 5.32 Å². The van der Waals surface area contributed by atoms with E-state index in [0.717, 1.165) is 38.5 Å². The van der Waals surface area contributed by atoms with Crippen molar-refractivity contribution in [2.75, 3.05) is 0 Å². The highest BCUT2D eigenvalue weighted by atomic mass is 16.6. The first-order chi connectivity index (χ1) is 8.79. The lowest BCUT2D eigenvalue weighted by Gasteiger charge is -2.29. The third-order valence-electron chi connectivity index (χ3n) is 3.33. The van der Waals surface area contributed by atoms with E-state index in [9.17, 15) is 9.59 Å². The fraction of sp³-hybridized carbons (Fsp3) is 0.857. The van der Waals surface area contributed by atoms with Crippen LogP contribution < -0.4 is 11.1 Å². The molecule has 0 saturated heterocycles. The summed E-state index contributed by atoms with van der Waals surface area (Å²) < 4.78 is 5.24. The Labute approximate surface area is 115 Å². The van der Waals surface area contributed by atoms with E-state index >= 15 is 0 Å². The number of ether oxygens (including phenoxy) is 1. The maximum Gasteiger partial charge on any atom is 0.407 e. The predicted molar refractivity (Wildman–Crippen MR) is 73.5 cm³/mol. The monoisotopic (exact) mass is 270 g/mol. The van der Waals surface area contributed by atoms with Gasteiger partial charge in [-0.1, -0.05) is 25.7 Å². The van der Waals surface area contributed by atoms with Gasteiger partial charge in [-0.3, -0.25) is 4.79 Å². The quantitative estimate of drug-likeness (QED) is 0.808. The topological polar surface area (TPSA) is 81.4 Å². The zero-order valence-corrected chi connectivity index (χ0v) is 12.2. The van der Waals surface area contributed by atoms with Crippen molar-refractivity contribution in [3.8, 4) is 0 Å². The van der Waals surface area contributed by atoms with Crippen LogP contribution in [0.4, 0.5) is 4.79 Å². The van der Waals surface area contributed by atoms with Gasteiger partial charge in [0.05, 0.1) is 5.92 Å². The summed E-state index contributed by atoms with van der Waals surface area (Å²) in [5.41, 5.74) is 4.92. The molecule has 5 nitrogen and oxygen atoms in total. The number of alkyl carbamates (subject to hydrolysis) is 1. The molecule has 1 saturated carbocycles. The van der Waals surface area contributed by atoms with Gasteiger partial charge in [-0.05, 0) is 33.6 Å². The number of amides is 2. The molecule has 0 spiro atoms. The number of carbonyl (C=O) groups excluding carboxylic acids is 2. The number of hydrogen-bond donors (Lipinski definition) is 2. The van der Waals surface area contributed by atoms with Gasteiger partial charge < -0.3 is 15.8 Å². The maximum absolute atomic E-state index is 11.8. The summed E-state index contributed by atoms with van der Waals surface area (Å²) in [6.45, 7) is 5.45. The molecule has 0 aromatic heterocycles. The van der Waals surface area contributed by atoms with Crippen molar-refractivity contribution in [2.45, 2.75) is 70.9 Å². The lowest BCUT2D eigenvalue weighted by Crippen LogP contribution is -2.47. The number of hydrogen-bond acceptors (Lipinski definition) is 3. The molecule has 0 bridgehead atoms. The van der Waals surface area contributed by atoms with Crippen molar-refractivity contribution in [3.63, 3.8) is 0 Å². The summed E-state index contributed by atoms with van der Waals surface area (Å²) in [5, 5.41) is 2.81. The van der Waals surface area contributed by atoms with Crippen molar-refractivity contribution >= 4 is 12.0 Å². The highest BCUT2D eigenvalue weighted by molar-refractivity contribution is 5.78. The van der Waals surface area contributed by atoms with Gasteiger partial charge in [0.15, 0.2) is 0 Å². The van der Waals surface area contributed by atoms with Gasteiger partial charge in [-0.2, -0.15) is 0 Å². The minimum Gasteiger partial charge on any atom is -0.444 e. The average Bonchev–Trinajstić information content (AvgIpc) is 2.18. The molecule has 0 aliphatic heterocycles. The van der Waals surface area contributed by atoms with Crippen molar-refractivity contribution in [3.05, 3.63) is 0 Å². The second-order valence-electron chi connectivity index (χ2n) is 6.25. The van der Waals surface area contributed by atoms with Crippen LogP contribution in [0, 0.1) is 5.92 Å². The molecule has 0 heterocycles. The van der Waals surface area contributed by atoms with Crippen LogP contribution in [0.2, 0.25) is 0 Å². The Morgan fingerprint density at radius 2 is 1.68 bits per heavy atom. The average molecular weight is 270 g/mol. The Hall–Kier alpha value is -1.26. The van der Waals surface area contributed by atoms with E-state index in [4.69, 9.17) is 10.5 Å². The summed E-state index contributed by atoms with van der Waals surface area (Å²) in [4.78, 5) is 23.3. The fourth-order valence-electron chi connectivity index (χ4n) is 2.46. The van der Waals surface area contributed by atoms with Crippen LogP contribution in [0.25, 0.3) is 0 Å². The fourth-order valence-corrected chi connectivity index (χ4v) is 2.46. The molecule has 110 valence electrons. The second-order valence-corrected chi connectivity index (χ2v) is 6.25. The molecule has 0 aromatic carbocycles. The second kappa shape index (κ2) is 6.78. The molecule has 19 heavy (non-hydrogen) atoms. The minimum absolute atomic E-state index is 0.201. The molecule has 2 atom stereocenters. The molecule has 1 fully saturated rings. The molecule has 1 aliphatic rings. The number of primary amides is 1. The number of nitrogens with two attached hydrogens (primary N) is 1. The van der Waals surface area contributed by atoms with Gasteiger partial charge in [0, 0.05) is 6.04 Å². The normalized spacial score (nSPS) is 25.0. The summed E-state index contributed by atoms with van der Waals surface area (Å²) in [6, 6.07) is -0.201. The molecular weight excluding hydrogens is 244 g/mol. The summed E-state index contributed by atoms with van der Waals surface area (Å²) in [6.07, 6.45) is 5.32. The Morgan fingerprint density at radius 1 is 1.11 bits per heavy atom. The van der Waals surface area contributed by atoms with Crippen LogP contribution in [0.1, 0.15) is 59.3 Å². The standard InChI is InChI=1S/C14H26N2O3/c1-14(2,3)19-13(18)16-11-9-7-5-4-6-8-10(11)12(15)17/h10-11H,4-9H2,1-3H3,(H2,15,17)(H,16,18)/t10-,11-/m0/s1. The summed E-state index contributed by atoms with van der Waals surface area (Å²) in [7, 11) is 0. The Balaban J connectivity index is 2.63. The summed E-state index contributed by atoms with van der Waals surface area (Å²) in [5.74, 6) is -0.615. The summed E-state index contributed by atoms with van der Waals surface area (Å²) >= 11 is 0. The lowest BCUT2D eigenvalue weighted by molar-refractivity contribution is -0.123. The number of nitrogens with one attached hydrogen (secondary N) is 1. The van der Waals surface area contributed by atoms with Gasteiger partial charge in [0.2, 0.25) is 5.91 Å². The Kier molecular flexibility index (Phi) is 5.63. The maximum atomic E-state index is 11.8. The molecule has 2 amide bonds. The molecule has 0 aromatic rings. The zero-order valence-electron chi connectivity index (χ0n) is 12.2. The molecule has 0 radical (unpaired) electrons. The van der Waals surface area contributed by atoms with Gasteiger partial charge in [-0.25, -0.2) is 4.79 Å². The van der Waals surface area contributed by atoms with Gasteiger partial charge in [-0.15, -0.1) is 0 Å². The van der Waals surface area contributed by atoms with Crippen LogP contribution in [-0.4, -0.2) is 23.6 Å². The van der Waals surface area contributed by atoms with Crippen molar-refractivity contribution in [1.82, 2.24) is 5.32 Å². The SMILES string of the molecule is CC(C)(C)OC(=O)N[C@H]1CCCCCC[C@@H]1C(N)=O. The van der Waals surface area contributed by atoms with Gasteiger partial charge in [0.25, 0.3) is 0 Å². The number of rotatable bonds is 2. The first-order valence-corrected chi connectivity index (χ1v) is 7.08. The van der Waals surface area contributed by atoms with Crippen LogP contribution in [-0.2, 0) is 9.53 Å². The predicted octanol–water partition coefficient (Wildman–Crippen LogP) is 2.34. The van der Waals surface area contributed by atoms with E-state index in [-0.39, 0.29) is 17.9 Å². The zero-order chi connectivity index (χ0) is 14.5. The van der Waals surface area contributed by atoms with E-state index in [1.807, 2.05) is 20.8 Å². The van der Waals surface area contributed by atoms with E-state index < -0.39 is 11.7 Å². The van der Waals surface area contributed by atoms with Gasteiger partial charge >= 0.3 is 6.09 Å². The largest absolute Gasteiger partial charge is 0.444 e. The highest BCUT2D eigenvalue weighted by Crippen LogP contribution is 2.23. The third kappa shape index (κ3) is 5.94. The van der Waals surface area contributed by atoms with Crippen LogP contribution in [0.3, 0.4) is 0 Å². The lowest BCUT2D eigenvalue weighted by atomic mass is 9.86. The molecule has 5 heteroatoms. The van der Waals surface area contributed by atoms with Gasteiger partial charge in [0.1, 0.15) is 5.60 Å². The Bertz CT molecular complexity index is 323. The van der Waals surface area contributed by atoms with E-state index in [1.54, 1.807) is 0 Å². The van der Waals surface area contributed by atoms with Crippen LogP contribution in [0.15, 0.2) is 0 Å². The first-order valence-electron chi connectivity index (χ1n) is 7.08. The van der Waals surface area contributed by atoms with Crippen molar-refractivity contribution in [1.29, 1.82) is 0 Å². The Morgan fingerprint density at radius 3 is 2.21 bits per heavy atom. The first kappa shape index (κ1) is 15.8. The minimum atomic E-state index is -0.534. The molecule has 1 rings (SSSR count). The molecular formula is C14H26N2O3. The van der Waals surface area contributed by atoms with Crippen LogP contribution >= 0.6 is 0 Å². The third-order valence-corrected chi connectivity index (χ3v) is 3.33. The van der Waals surface area contributed by atoms with E-state index in [1.165, 1.54) is 0 Å². The molecule has 1 aliphatic carbocycles. The smallest absolute Gasteiger partial charge is 0.407 e. The van der Waals surface area contributed by atoms with Crippen LogP contribution in [0.5, 0.6) is 0 Å². The van der Waals surface area contributed by atoms with Crippen molar-refractivity contribution in [2.24, 2.45) is 11.7 Å². The number of carbonyl (C=O) groups is 2. The van der Waals surface area contributed by atoms with E-state index in [0.29, 0.717) is 0 Å².